The lowest BCUT2D eigenvalue weighted by Gasteiger charge is -2.39. The first-order valence-corrected chi connectivity index (χ1v) is 10.8. The average molecular weight is 399 g/mol. The highest BCUT2D eigenvalue weighted by molar-refractivity contribution is 5.90. The van der Waals surface area contributed by atoms with Gasteiger partial charge in [0.2, 0.25) is 11.8 Å². The number of likely N-dealkylation sites (tertiary alicyclic amines) is 1. The largest absolute Gasteiger partial charge is 0.481 e. The maximum Gasteiger partial charge on any atom is 0.311 e. The van der Waals surface area contributed by atoms with Gasteiger partial charge < -0.3 is 14.9 Å². The monoisotopic (exact) mass is 398 g/mol. The number of rotatable bonds is 4. The first-order valence-electron chi connectivity index (χ1n) is 10.8. The van der Waals surface area contributed by atoms with Crippen molar-refractivity contribution in [2.45, 2.75) is 58.5 Å². The fraction of sp³-hybridized carbons (Fsp3) is 0.609. The van der Waals surface area contributed by atoms with Crippen LogP contribution in [0.3, 0.4) is 0 Å². The smallest absolute Gasteiger partial charge is 0.311 e. The lowest BCUT2D eigenvalue weighted by atomic mass is 9.81. The molecule has 0 radical (unpaired) electrons. The molecular weight excluding hydrogens is 368 g/mol. The quantitative estimate of drug-likeness (QED) is 0.846. The summed E-state index contributed by atoms with van der Waals surface area (Å²) < 4.78 is 0. The van der Waals surface area contributed by atoms with Crippen LogP contribution in [0.1, 0.15) is 50.7 Å². The molecule has 1 N–H and O–H groups in total. The summed E-state index contributed by atoms with van der Waals surface area (Å²) in [5, 5.41) is 9.86. The molecule has 0 bridgehead atoms. The molecule has 4 rings (SSSR count). The fourth-order valence-corrected chi connectivity index (χ4v) is 5.45. The third kappa shape index (κ3) is 3.22. The predicted octanol–water partition coefficient (Wildman–Crippen LogP) is 2.70. The predicted molar refractivity (Wildman–Crippen MR) is 108 cm³/mol. The third-order valence-electron chi connectivity index (χ3n) is 7.46. The topological polar surface area (TPSA) is 77.9 Å². The van der Waals surface area contributed by atoms with Crippen molar-refractivity contribution in [3.8, 4) is 0 Å². The Morgan fingerprint density at radius 1 is 1.24 bits per heavy atom. The highest BCUT2D eigenvalue weighted by Crippen LogP contribution is 2.49. The van der Waals surface area contributed by atoms with Crippen molar-refractivity contribution in [3.63, 3.8) is 0 Å². The first kappa shape index (κ1) is 19.9. The molecule has 1 aliphatic carbocycles. The molecule has 29 heavy (non-hydrogen) atoms. The van der Waals surface area contributed by atoms with E-state index in [1.807, 2.05) is 38.1 Å². The summed E-state index contributed by atoms with van der Waals surface area (Å²) in [7, 11) is 0. The van der Waals surface area contributed by atoms with Crippen molar-refractivity contribution in [1.29, 1.82) is 0 Å². The molecule has 0 spiro atoms. The van der Waals surface area contributed by atoms with E-state index in [0.29, 0.717) is 25.9 Å². The van der Waals surface area contributed by atoms with E-state index in [9.17, 15) is 19.5 Å². The van der Waals surface area contributed by atoms with Gasteiger partial charge in [-0.25, -0.2) is 0 Å². The summed E-state index contributed by atoms with van der Waals surface area (Å²) in [6.07, 6.45) is 3.64. The van der Waals surface area contributed by atoms with Gasteiger partial charge in [-0.05, 0) is 36.3 Å². The van der Waals surface area contributed by atoms with Crippen LogP contribution in [0.25, 0.3) is 0 Å². The Morgan fingerprint density at radius 2 is 1.97 bits per heavy atom. The van der Waals surface area contributed by atoms with Crippen LogP contribution in [0.15, 0.2) is 24.3 Å². The van der Waals surface area contributed by atoms with Gasteiger partial charge in [0.25, 0.3) is 0 Å². The van der Waals surface area contributed by atoms with Gasteiger partial charge in [0.15, 0.2) is 0 Å². The molecule has 3 aliphatic rings. The van der Waals surface area contributed by atoms with Crippen molar-refractivity contribution in [3.05, 3.63) is 35.4 Å². The molecule has 2 amide bonds. The second kappa shape index (κ2) is 7.47. The Morgan fingerprint density at radius 3 is 2.62 bits per heavy atom. The molecule has 1 aromatic rings. The van der Waals surface area contributed by atoms with E-state index in [-0.39, 0.29) is 30.2 Å². The van der Waals surface area contributed by atoms with E-state index in [0.717, 1.165) is 30.4 Å². The molecule has 1 aromatic carbocycles. The molecular formula is C23H30N2O4. The normalized spacial score (nSPS) is 29.3. The number of carboxylic acid groups (broad SMARTS) is 1. The lowest BCUT2D eigenvalue weighted by Crippen LogP contribution is -2.54. The number of carbonyl (C=O) groups excluding carboxylic acids is 2. The van der Waals surface area contributed by atoms with Crippen LogP contribution in [0, 0.1) is 17.3 Å². The molecule has 4 atom stereocenters. The highest BCUT2D eigenvalue weighted by Gasteiger charge is 2.56. The minimum atomic E-state index is -0.798. The number of nitrogens with zero attached hydrogens (tertiary/aromatic N) is 2. The zero-order chi connectivity index (χ0) is 20.8. The standard InChI is InChI=1S/C23H30N2O4/c1-3-15(2)20(26)25-12-17-8-5-4-7-16(17)11-19(25)21(27)24-13-18-9-6-10-23(18,14-24)22(28)29/h4-5,7-8,15,18-19H,3,6,9-14H2,1-2H3,(H,28,29)/t15?,18-,19?,23+/m0/s1. The Labute approximate surface area is 171 Å². The van der Waals surface area contributed by atoms with Gasteiger partial charge in [0, 0.05) is 32.0 Å². The molecule has 2 aliphatic heterocycles. The van der Waals surface area contributed by atoms with E-state index in [1.165, 1.54) is 0 Å². The number of hydrogen-bond donors (Lipinski definition) is 1. The molecule has 2 heterocycles. The van der Waals surface area contributed by atoms with E-state index in [1.54, 1.807) is 9.80 Å². The van der Waals surface area contributed by atoms with Crippen LogP contribution in [0.2, 0.25) is 0 Å². The van der Waals surface area contributed by atoms with Crippen molar-refractivity contribution in [2.75, 3.05) is 13.1 Å². The van der Waals surface area contributed by atoms with Crippen LogP contribution < -0.4 is 0 Å². The van der Waals surface area contributed by atoms with Crippen LogP contribution in [0.4, 0.5) is 0 Å². The zero-order valence-corrected chi connectivity index (χ0v) is 17.3. The van der Waals surface area contributed by atoms with Crippen LogP contribution >= 0.6 is 0 Å². The minimum Gasteiger partial charge on any atom is -0.481 e. The van der Waals surface area contributed by atoms with Gasteiger partial charge >= 0.3 is 5.97 Å². The number of aliphatic carboxylic acids is 1. The average Bonchev–Trinajstić information content (AvgIpc) is 3.30. The molecule has 1 saturated carbocycles. The Hall–Kier alpha value is -2.37. The highest BCUT2D eigenvalue weighted by atomic mass is 16.4. The van der Waals surface area contributed by atoms with Crippen molar-refractivity contribution in [1.82, 2.24) is 9.80 Å². The molecule has 2 fully saturated rings. The summed E-state index contributed by atoms with van der Waals surface area (Å²) in [4.78, 5) is 42.1. The summed E-state index contributed by atoms with van der Waals surface area (Å²) in [6, 6.07) is 7.43. The lowest BCUT2D eigenvalue weighted by molar-refractivity contribution is -0.152. The first-order chi connectivity index (χ1) is 13.9. The van der Waals surface area contributed by atoms with E-state index in [2.05, 4.69) is 0 Å². The molecule has 6 nitrogen and oxygen atoms in total. The van der Waals surface area contributed by atoms with Crippen molar-refractivity contribution < 1.29 is 19.5 Å². The van der Waals surface area contributed by atoms with Gasteiger partial charge in [-0.3, -0.25) is 14.4 Å². The molecule has 156 valence electrons. The molecule has 2 unspecified atom stereocenters. The summed E-state index contributed by atoms with van der Waals surface area (Å²) in [5.74, 6) is -0.979. The minimum absolute atomic E-state index is 0.00712. The van der Waals surface area contributed by atoms with Crippen LogP contribution in [-0.4, -0.2) is 51.8 Å². The van der Waals surface area contributed by atoms with Crippen LogP contribution in [-0.2, 0) is 27.3 Å². The third-order valence-corrected chi connectivity index (χ3v) is 7.46. The van der Waals surface area contributed by atoms with Gasteiger partial charge in [0.1, 0.15) is 6.04 Å². The van der Waals surface area contributed by atoms with Crippen molar-refractivity contribution in [2.24, 2.45) is 17.3 Å². The van der Waals surface area contributed by atoms with Gasteiger partial charge in [-0.15, -0.1) is 0 Å². The molecule has 1 saturated heterocycles. The second-order valence-electron chi connectivity index (χ2n) is 9.03. The molecule has 0 aromatic heterocycles. The number of amides is 2. The summed E-state index contributed by atoms with van der Waals surface area (Å²) in [5.41, 5.74) is 1.40. The fourth-order valence-electron chi connectivity index (χ4n) is 5.45. The van der Waals surface area contributed by atoms with Crippen LogP contribution in [0.5, 0.6) is 0 Å². The summed E-state index contributed by atoms with van der Waals surface area (Å²) in [6.45, 7) is 5.10. The Balaban J connectivity index is 1.61. The van der Waals surface area contributed by atoms with Gasteiger partial charge in [0.05, 0.1) is 5.41 Å². The van der Waals surface area contributed by atoms with Gasteiger partial charge in [-0.2, -0.15) is 0 Å². The Kier molecular flexibility index (Phi) is 5.13. The van der Waals surface area contributed by atoms with Gasteiger partial charge in [-0.1, -0.05) is 44.5 Å². The SMILES string of the molecule is CCC(C)C(=O)N1Cc2ccccc2CC1C(=O)N1C[C@@H]2CCC[C@@]2(C(=O)O)C1. The maximum absolute atomic E-state index is 13.6. The van der Waals surface area contributed by atoms with E-state index >= 15 is 0 Å². The maximum atomic E-state index is 13.6. The second-order valence-corrected chi connectivity index (χ2v) is 9.03. The number of carbonyl (C=O) groups is 3. The number of hydrogen-bond acceptors (Lipinski definition) is 3. The molecule has 6 heteroatoms. The Bertz CT molecular complexity index is 838. The van der Waals surface area contributed by atoms with E-state index < -0.39 is 17.4 Å². The number of carboxylic acids is 1. The summed E-state index contributed by atoms with van der Waals surface area (Å²) >= 11 is 0. The number of fused-ring (bicyclic) bond motifs is 2. The van der Waals surface area contributed by atoms with E-state index in [4.69, 9.17) is 0 Å². The zero-order valence-electron chi connectivity index (χ0n) is 17.3. The number of benzene rings is 1. The van der Waals surface area contributed by atoms with Crippen molar-refractivity contribution >= 4 is 17.8 Å².